The minimum Gasteiger partial charge on any atom is -0.469 e. The molecular formula is C13H21NO2. The summed E-state index contributed by atoms with van der Waals surface area (Å²) in [6, 6.07) is 3.87. The first kappa shape index (κ1) is 14.5. The van der Waals surface area contributed by atoms with Crippen LogP contribution in [-0.4, -0.2) is 4.98 Å². The third kappa shape index (κ3) is 6.06. The fourth-order valence-corrected chi connectivity index (χ4v) is 0.941. The molecule has 0 saturated heterocycles. The highest BCUT2D eigenvalue weighted by molar-refractivity contribution is 4.96. The van der Waals surface area contributed by atoms with E-state index in [0.29, 0.717) is 0 Å². The fourth-order valence-electron chi connectivity index (χ4n) is 0.941. The molecule has 0 aromatic carbocycles. The molecule has 0 fully saturated rings. The van der Waals surface area contributed by atoms with Gasteiger partial charge in [-0.2, -0.15) is 0 Å². The highest BCUT2D eigenvalue weighted by Crippen LogP contribution is 1.98. The molecule has 2 heterocycles. The van der Waals surface area contributed by atoms with Crippen molar-refractivity contribution in [2.24, 2.45) is 0 Å². The molecule has 0 radical (unpaired) electrons. The summed E-state index contributed by atoms with van der Waals surface area (Å²) in [6.07, 6.45) is 6.80. The topological polar surface area (TPSA) is 39.2 Å². The van der Waals surface area contributed by atoms with Gasteiger partial charge in [0.05, 0.1) is 12.5 Å². The second kappa shape index (κ2) is 10.0. The first-order chi connectivity index (χ1) is 7.86. The van der Waals surface area contributed by atoms with Crippen molar-refractivity contribution in [2.75, 3.05) is 0 Å². The van der Waals surface area contributed by atoms with E-state index in [0.717, 1.165) is 24.5 Å². The maximum atomic E-state index is 4.98. The summed E-state index contributed by atoms with van der Waals surface area (Å²) in [7, 11) is 0. The van der Waals surface area contributed by atoms with Crippen LogP contribution in [0.4, 0.5) is 0 Å². The van der Waals surface area contributed by atoms with Crippen LogP contribution < -0.4 is 0 Å². The van der Waals surface area contributed by atoms with Gasteiger partial charge < -0.3 is 8.83 Å². The van der Waals surface area contributed by atoms with E-state index in [2.05, 4.69) is 11.9 Å². The second-order valence-corrected chi connectivity index (χ2v) is 2.71. The molecule has 0 aliphatic heterocycles. The molecule has 0 aliphatic rings. The summed E-state index contributed by atoms with van der Waals surface area (Å²) in [5.41, 5.74) is 0. The van der Waals surface area contributed by atoms with Crippen LogP contribution in [0, 0.1) is 0 Å². The van der Waals surface area contributed by atoms with E-state index in [1.807, 2.05) is 32.9 Å². The summed E-state index contributed by atoms with van der Waals surface area (Å²) < 4.78 is 9.85. The third-order valence-corrected chi connectivity index (χ3v) is 1.71. The molecule has 0 atom stereocenters. The summed E-state index contributed by atoms with van der Waals surface area (Å²) >= 11 is 0. The zero-order valence-electron chi connectivity index (χ0n) is 10.6. The molecule has 2 rings (SSSR count). The molecule has 90 valence electrons. The van der Waals surface area contributed by atoms with Gasteiger partial charge in [0.25, 0.3) is 0 Å². The number of furan rings is 1. The largest absolute Gasteiger partial charge is 0.469 e. The SMILES string of the molecule is CC.CCc1ccco1.CCc1ncco1. The van der Waals surface area contributed by atoms with Crippen molar-refractivity contribution in [3.05, 3.63) is 42.5 Å². The van der Waals surface area contributed by atoms with Crippen molar-refractivity contribution < 1.29 is 8.83 Å². The lowest BCUT2D eigenvalue weighted by atomic mass is 10.4. The fraction of sp³-hybridized carbons (Fsp3) is 0.462. The van der Waals surface area contributed by atoms with Gasteiger partial charge in [-0.05, 0) is 12.1 Å². The molecule has 0 spiro atoms. The van der Waals surface area contributed by atoms with E-state index in [4.69, 9.17) is 8.83 Å². The van der Waals surface area contributed by atoms with E-state index in [1.165, 1.54) is 0 Å². The van der Waals surface area contributed by atoms with Gasteiger partial charge in [-0.1, -0.05) is 27.7 Å². The van der Waals surface area contributed by atoms with E-state index < -0.39 is 0 Å². The first-order valence-corrected chi connectivity index (χ1v) is 5.77. The van der Waals surface area contributed by atoms with Crippen LogP contribution >= 0.6 is 0 Å². The minimum atomic E-state index is 0.806. The number of hydrogen-bond acceptors (Lipinski definition) is 3. The average Bonchev–Trinajstić information content (AvgIpc) is 3.05. The van der Waals surface area contributed by atoms with E-state index in [-0.39, 0.29) is 0 Å². The van der Waals surface area contributed by atoms with Gasteiger partial charge in [-0.3, -0.25) is 0 Å². The highest BCUT2D eigenvalue weighted by atomic mass is 16.3. The number of oxazole rings is 1. The van der Waals surface area contributed by atoms with E-state index >= 15 is 0 Å². The van der Waals surface area contributed by atoms with Gasteiger partial charge in [-0.25, -0.2) is 4.98 Å². The number of aromatic nitrogens is 1. The van der Waals surface area contributed by atoms with Crippen LogP contribution in [0.5, 0.6) is 0 Å². The highest BCUT2D eigenvalue weighted by Gasteiger charge is 1.86. The number of hydrogen-bond donors (Lipinski definition) is 0. The zero-order valence-corrected chi connectivity index (χ0v) is 10.6. The molecule has 3 nitrogen and oxygen atoms in total. The molecule has 2 aromatic rings. The normalized spacial score (nSPS) is 8.50. The number of rotatable bonds is 2. The maximum Gasteiger partial charge on any atom is 0.193 e. The van der Waals surface area contributed by atoms with Crippen LogP contribution in [0.2, 0.25) is 0 Å². The Morgan fingerprint density at radius 2 is 1.81 bits per heavy atom. The number of aryl methyl sites for hydroxylation is 2. The standard InChI is InChI=1S/C6H8O.C5H7NO.C2H6/c1-2-6-4-3-5-7-6;1-2-5-6-3-4-7-5;1-2/h3-5H,2H2,1H3;3-4H,2H2,1H3;1-2H3. The van der Waals surface area contributed by atoms with Crippen LogP contribution in [0.15, 0.2) is 39.7 Å². The van der Waals surface area contributed by atoms with Crippen molar-refractivity contribution in [2.45, 2.75) is 40.5 Å². The molecular weight excluding hydrogens is 202 g/mol. The van der Waals surface area contributed by atoms with Crippen LogP contribution in [0.1, 0.15) is 39.3 Å². The first-order valence-electron chi connectivity index (χ1n) is 5.77. The van der Waals surface area contributed by atoms with Gasteiger partial charge in [0, 0.05) is 12.8 Å². The molecule has 0 saturated carbocycles. The Labute approximate surface area is 97.5 Å². The number of nitrogens with zero attached hydrogens (tertiary/aromatic N) is 1. The van der Waals surface area contributed by atoms with Crippen molar-refractivity contribution in [1.82, 2.24) is 4.98 Å². The Balaban J connectivity index is 0.000000244. The van der Waals surface area contributed by atoms with Crippen molar-refractivity contribution in [1.29, 1.82) is 0 Å². The Morgan fingerprint density at radius 3 is 2.06 bits per heavy atom. The van der Waals surface area contributed by atoms with Gasteiger partial charge in [0.2, 0.25) is 0 Å². The molecule has 0 bridgehead atoms. The summed E-state index contributed by atoms with van der Waals surface area (Å²) in [5.74, 6) is 1.86. The molecule has 0 aliphatic carbocycles. The van der Waals surface area contributed by atoms with E-state index in [9.17, 15) is 0 Å². The van der Waals surface area contributed by atoms with Crippen LogP contribution in [-0.2, 0) is 12.8 Å². The Hall–Kier alpha value is -1.51. The lowest BCUT2D eigenvalue weighted by Gasteiger charge is -1.79. The monoisotopic (exact) mass is 223 g/mol. The Kier molecular flexibility index (Phi) is 9.08. The molecule has 3 heteroatoms. The summed E-state index contributed by atoms with van der Waals surface area (Å²) in [4.78, 5) is 3.87. The smallest absolute Gasteiger partial charge is 0.193 e. The second-order valence-electron chi connectivity index (χ2n) is 2.71. The Morgan fingerprint density at radius 1 is 1.06 bits per heavy atom. The van der Waals surface area contributed by atoms with Gasteiger partial charge in [0.1, 0.15) is 12.0 Å². The minimum absolute atomic E-state index is 0.806. The third-order valence-electron chi connectivity index (χ3n) is 1.71. The lowest BCUT2D eigenvalue weighted by molar-refractivity contribution is 0.501. The predicted molar refractivity (Wildman–Crippen MR) is 65.3 cm³/mol. The van der Waals surface area contributed by atoms with Gasteiger partial charge in [0.15, 0.2) is 5.89 Å². The zero-order chi connectivity index (χ0) is 12.2. The molecule has 16 heavy (non-hydrogen) atoms. The quantitative estimate of drug-likeness (QED) is 0.769. The maximum absolute atomic E-state index is 4.98. The molecule has 0 unspecified atom stereocenters. The van der Waals surface area contributed by atoms with Gasteiger partial charge in [-0.15, -0.1) is 0 Å². The molecule has 0 N–H and O–H groups in total. The molecule has 2 aromatic heterocycles. The Bertz CT molecular complexity index is 277. The molecule has 0 amide bonds. The van der Waals surface area contributed by atoms with Crippen molar-refractivity contribution in [3.63, 3.8) is 0 Å². The van der Waals surface area contributed by atoms with Crippen LogP contribution in [0.3, 0.4) is 0 Å². The van der Waals surface area contributed by atoms with Gasteiger partial charge >= 0.3 is 0 Å². The van der Waals surface area contributed by atoms with Crippen LogP contribution in [0.25, 0.3) is 0 Å². The van der Waals surface area contributed by atoms with E-state index in [1.54, 1.807) is 18.7 Å². The summed E-state index contributed by atoms with van der Waals surface area (Å²) in [5, 5.41) is 0. The van der Waals surface area contributed by atoms with Crippen molar-refractivity contribution in [3.8, 4) is 0 Å². The lowest BCUT2D eigenvalue weighted by Crippen LogP contribution is -1.73. The van der Waals surface area contributed by atoms with Crippen molar-refractivity contribution >= 4 is 0 Å². The predicted octanol–water partition coefficient (Wildman–Crippen LogP) is 4.11. The summed E-state index contributed by atoms with van der Waals surface area (Å²) in [6.45, 7) is 8.07. The average molecular weight is 223 g/mol.